The van der Waals surface area contributed by atoms with E-state index < -0.39 is 0 Å². The van der Waals surface area contributed by atoms with Gasteiger partial charge in [0.05, 0.1) is 6.54 Å². The number of rotatable bonds is 0. The fraction of sp³-hybridized carbons (Fsp3) is 0.250. The van der Waals surface area contributed by atoms with Crippen LogP contribution in [0, 0.1) is 11.3 Å². The molecule has 10 heavy (non-hydrogen) atoms. The first kappa shape index (κ1) is 5.89. The second-order valence-electron chi connectivity index (χ2n) is 2.49. The molecule has 1 aromatic carbocycles. The maximum absolute atomic E-state index is 11.0. The summed E-state index contributed by atoms with van der Waals surface area (Å²) in [4.78, 5) is 0. The van der Waals surface area contributed by atoms with Gasteiger partial charge in [0.2, 0.25) is 0 Å². The highest BCUT2D eigenvalue weighted by Crippen LogP contribution is 2.13. The largest absolute Gasteiger partial charge is 0.629 e. The van der Waals surface area contributed by atoms with Crippen LogP contribution in [0.5, 0.6) is 0 Å². The maximum Gasteiger partial charge on any atom is 0.135 e. The minimum absolute atomic E-state index is 0.270. The molecule has 2 nitrogen and oxygen atoms in total. The van der Waals surface area contributed by atoms with Crippen molar-refractivity contribution in [2.24, 2.45) is 0 Å². The first-order chi connectivity index (χ1) is 4.88. The molecule has 0 amide bonds. The summed E-state index contributed by atoms with van der Waals surface area (Å²) in [7, 11) is 0. The van der Waals surface area contributed by atoms with E-state index >= 15 is 0 Å². The van der Waals surface area contributed by atoms with Gasteiger partial charge in [-0.15, -0.1) is 0 Å². The highest BCUT2D eigenvalue weighted by molar-refractivity contribution is 5.40. The van der Waals surface area contributed by atoms with Gasteiger partial charge in [-0.05, 0) is 12.1 Å². The molecule has 0 spiro atoms. The lowest BCUT2D eigenvalue weighted by atomic mass is 10.2. The van der Waals surface area contributed by atoms with Crippen LogP contribution in [0.15, 0.2) is 18.2 Å². The molecule has 0 aromatic heterocycles. The molecule has 1 aliphatic heterocycles. The molecule has 1 unspecified atom stereocenters. The van der Waals surface area contributed by atoms with Crippen molar-refractivity contribution in [3.8, 4) is 0 Å². The predicted molar refractivity (Wildman–Crippen MR) is 37.8 cm³/mol. The fourth-order valence-electron chi connectivity index (χ4n) is 1.31. The van der Waals surface area contributed by atoms with Gasteiger partial charge in [0.1, 0.15) is 5.69 Å². The normalized spacial score (nSPS) is 22.7. The van der Waals surface area contributed by atoms with Gasteiger partial charge in [-0.2, -0.15) is 0 Å². The van der Waals surface area contributed by atoms with Crippen LogP contribution in [0.1, 0.15) is 5.56 Å². The molecule has 0 aliphatic carbocycles. The predicted octanol–water partition coefficient (Wildman–Crippen LogP) is 0.0571. The minimum atomic E-state index is 0.270. The fourth-order valence-corrected chi connectivity index (χ4v) is 1.31. The molecular weight excluding hydrogens is 126 g/mol. The lowest BCUT2D eigenvalue weighted by Gasteiger charge is -2.14. The summed E-state index contributed by atoms with van der Waals surface area (Å²) in [6, 6.07) is 8.66. The van der Waals surface area contributed by atoms with Crippen molar-refractivity contribution in [3.63, 3.8) is 0 Å². The Morgan fingerprint density at radius 1 is 1.60 bits per heavy atom. The number of benzene rings is 1. The first-order valence-corrected chi connectivity index (χ1v) is 3.41. The van der Waals surface area contributed by atoms with Crippen molar-refractivity contribution >= 4 is 5.69 Å². The Balaban J connectivity index is 2.51. The third kappa shape index (κ3) is 0.735. The average Bonchev–Trinajstić information content (AvgIpc) is 2.34. The van der Waals surface area contributed by atoms with Crippen LogP contribution in [-0.4, -0.2) is 6.54 Å². The van der Waals surface area contributed by atoms with Crippen molar-refractivity contribution in [3.05, 3.63) is 35.0 Å². The average molecular weight is 134 g/mol. The van der Waals surface area contributed by atoms with Crippen LogP contribution < -0.4 is 5.06 Å². The molecule has 0 saturated carbocycles. The van der Waals surface area contributed by atoms with Crippen LogP contribution >= 0.6 is 0 Å². The van der Waals surface area contributed by atoms with E-state index in [4.69, 9.17) is 0 Å². The monoisotopic (exact) mass is 134 g/mol. The first-order valence-electron chi connectivity index (χ1n) is 3.41. The summed E-state index contributed by atoms with van der Waals surface area (Å²) >= 11 is 0. The van der Waals surface area contributed by atoms with Crippen LogP contribution in [0.25, 0.3) is 0 Å². The van der Waals surface area contributed by atoms with Crippen molar-refractivity contribution in [1.82, 2.24) is 0 Å². The van der Waals surface area contributed by atoms with E-state index in [1.54, 1.807) is 0 Å². The third-order valence-corrected chi connectivity index (χ3v) is 1.84. The number of nitrogens with one attached hydrogen (secondary N) is 1. The van der Waals surface area contributed by atoms with Gasteiger partial charge in [-0.1, -0.05) is 12.1 Å². The van der Waals surface area contributed by atoms with Crippen molar-refractivity contribution in [1.29, 1.82) is 0 Å². The van der Waals surface area contributed by atoms with Crippen LogP contribution in [0.3, 0.4) is 0 Å². The van der Waals surface area contributed by atoms with Gasteiger partial charge in [-0.3, -0.25) is 0 Å². The zero-order valence-electron chi connectivity index (χ0n) is 5.55. The van der Waals surface area contributed by atoms with E-state index in [1.165, 1.54) is 0 Å². The summed E-state index contributed by atoms with van der Waals surface area (Å²) in [6.45, 7) is 0.676. The molecular formula is C8H8NO. The minimum Gasteiger partial charge on any atom is -0.629 e. The molecule has 2 rings (SSSR count). The molecule has 1 atom stereocenters. The standard InChI is InChI=1S/C8H8NO/c10-9-6-5-7-3-1-2-4-8(7)9/h1-2,4,9H,5-6H2. The summed E-state index contributed by atoms with van der Waals surface area (Å²) in [5.74, 6) is 0. The van der Waals surface area contributed by atoms with E-state index in [-0.39, 0.29) is 5.06 Å². The van der Waals surface area contributed by atoms with E-state index in [0.29, 0.717) is 6.54 Å². The molecule has 1 heterocycles. The highest BCUT2D eigenvalue weighted by Gasteiger charge is 2.16. The number of hydrogen-bond acceptors (Lipinski definition) is 1. The van der Waals surface area contributed by atoms with Gasteiger partial charge in [0.15, 0.2) is 0 Å². The van der Waals surface area contributed by atoms with E-state index in [1.807, 2.05) is 18.2 Å². The zero-order valence-corrected chi connectivity index (χ0v) is 5.55. The maximum atomic E-state index is 11.0. The smallest absolute Gasteiger partial charge is 0.135 e. The van der Waals surface area contributed by atoms with Gasteiger partial charge in [0.25, 0.3) is 0 Å². The number of hydroxylamine groups is 1. The summed E-state index contributed by atoms with van der Waals surface area (Å²) in [5.41, 5.74) is 1.97. The topological polar surface area (TPSA) is 27.5 Å². The summed E-state index contributed by atoms with van der Waals surface area (Å²) in [6.07, 6.45) is 0.884. The molecule has 2 heteroatoms. The van der Waals surface area contributed by atoms with Gasteiger partial charge < -0.3 is 10.3 Å². The molecule has 1 N–H and O–H groups in total. The molecule has 0 bridgehead atoms. The van der Waals surface area contributed by atoms with Crippen LogP contribution in [0.4, 0.5) is 5.69 Å². The number of fused-ring (bicyclic) bond motifs is 1. The van der Waals surface area contributed by atoms with E-state index in [0.717, 1.165) is 17.7 Å². The SMILES string of the molecule is [O-][NH+]1CCc2[c]cccc21. The lowest BCUT2D eigenvalue weighted by Crippen LogP contribution is -3.00. The summed E-state index contributed by atoms with van der Waals surface area (Å²) in [5, 5.41) is 11.3. The Bertz CT molecular complexity index is 247. The summed E-state index contributed by atoms with van der Waals surface area (Å²) < 4.78 is 0. The van der Waals surface area contributed by atoms with Crippen molar-refractivity contribution in [2.45, 2.75) is 6.42 Å². The van der Waals surface area contributed by atoms with Gasteiger partial charge in [-0.25, -0.2) is 0 Å². The second kappa shape index (κ2) is 2.08. The Morgan fingerprint density at radius 2 is 2.50 bits per heavy atom. The molecule has 1 aromatic rings. The Hall–Kier alpha value is -0.860. The highest BCUT2D eigenvalue weighted by atomic mass is 16.5. The molecule has 1 radical (unpaired) electrons. The Labute approximate surface area is 59.7 Å². The molecule has 0 saturated heterocycles. The van der Waals surface area contributed by atoms with E-state index in [9.17, 15) is 5.21 Å². The van der Waals surface area contributed by atoms with Crippen LogP contribution in [-0.2, 0) is 6.42 Å². The lowest BCUT2D eigenvalue weighted by molar-refractivity contribution is -0.768. The van der Waals surface area contributed by atoms with E-state index in [2.05, 4.69) is 6.07 Å². The zero-order chi connectivity index (χ0) is 6.97. The third-order valence-electron chi connectivity index (χ3n) is 1.84. The molecule has 1 aliphatic rings. The van der Waals surface area contributed by atoms with Crippen LogP contribution in [0.2, 0.25) is 0 Å². The Kier molecular flexibility index (Phi) is 1.22. The van der Waals surface area contributed by atoms with Crippen molar-refractivity contribution in [2.75, 3.05) is 6.54 Å². The number of quaternary nitrogens is 1. The van der Waals surface area contributed by atoms with Crippen molar-refractivity contribution < 1.29 is 5.06 Å². The second-order valence-corrected chi connectivity index (χ2v) is 2.49. The molecule has 51 valence electrons. The van der Waals surface area contributed by atoms with Gasteiger partial charge >= 0.3 is 0 Å². The van der Waals surface area contributed by atoms with Gasteiger partial charge in [0, 0.05) is 12.0 Å². The quantitative estimate of drug-likeness (QED) is 0.499. The number of hydrogen-bond donors (Lipinski definition) is 1. The molecule has 0 fully saturated rings. The Morgan fingerprint density at radius 3 is 3.30 bits per heavy atom.